The molecule has 0 radical (unpaired) electrons. The first-order valence-electron chi connectivity index (χ1n) is 3.82. The van der Waals surface area contributed by atoms with E-state index in [4.69, 9.17) is 33.2 Å². The molecule has 2 aliphatic rings. The van der Waals surface area contributed by atoms with Crippen LogP contribution in [0.4, 0.5) is 0 Å². The van der Waals surface area contributed by atoms with E-state index in [1.54, 1.807) is 0 Å². The molecule has 4 heteroatoms. The van der Waals surface area contributed by atoms with Crippen LogP contribution in [0.1, 0.15) is 12.8 Å². The maximum atomic E-state index is 5.97. The van der Waals surface area contributed by atoms with Crippen LogP contribution in [0, 0.1) is 11.8 Å². The summed E-state index contributed by atoms with van der Waals surface area (Å²) in [6.45, 7) is 0. The summed E-state index contributed by atoms with van der Waals surface area (Å²) in [5.41, 5.74) is 0.391. The molecule has 0 aromatic rings. The summed E-state index contributed by atoms with van der Waals surface area (Å²) in [4.78, 5) is 0. The molecule has 0 spiro atoms. The van der Waals surface area contributed by atoms with Crippen LogP contribution < -0.4 is 0 Å². The Morgan fingerprint density at radius 3 is 2.09 bits per heavy atom. The molecule has 1 saturated carbocycles. The molecular weight excluding hydrogens is 219 g/mol. The van der Waals surface area contributed by atoms with E-state index in [-0.39, 0.29) is 0 Å². The van der Waals surface area contributed by atoms with Gasteiger partial charge in [0.25, 0.3) is 0 Å². The Hall–Kier alpha value is 0.827. The fraction of sp³-hybridized carbons (Fsp3) is 0.714. The van der Waals surface area contributed by atoms with Gasteiger partial charge in [0.2, 0.25) is 0 Å². The van der Waals surface area contributed by atoms with Crippen molar-refractivity contribution in [3.8, 4) is 0 Å². The molecule has 1 fully saturated rings. The predicted molar refractivity (Wildman–Crippen MR) is 52.4 cm³/mol. The van der Waals surface area contributed by atoms with Crippen molar-refractivity contribution < 1.29 is 0 Å². The van der Waals surface area contributed by atoms with Gasteiger partial charge in [-0.2, -0.15) is 0 Å². The first kappa shape index (κ1) is 8.43. The predicted octanol–water partition coefficient (Wildman–Crippen LogP) is 3.61. The highest BCUT2D eigenvalue weighted by Gasteiger charge is 2.48. The van der Waals surface area contributed by atoms with Crippen molar-refractivity contribution in [3.05, 3.63) is 12.2 Å². The Labute approximate surface area is 81.6 Å². The molecule has 0 aliphatic heterocycles. The van der Waals surface area contributed by atoms with Crippen LogP contribution in [0.2, 0.25) is 5.54 Å². The fourth-order valence-corrected chi connectivity index (χ4v) is 5.72. The van der Waals surface area contributed by atoms with Crippen molar-refractivity contribution in [1.29, 1.82) is 0 Å². The number of rotatable bonds is 1. The molecule has 0 N–H and O–H groups in total. The van der Waals surface area contributed by atoms with Gasteiger partial charge in [-0.25, -0.2) is 0 Å². The summed E-state index contributed by atoms with van der Waals surface area (Å²) in [7, 11) is 0. The topological polar surface area (TPSA) is 0 Å². The molecule has 0 heterocycles. The quantitative estimate of drug-likeness (QED) is 0.365. The van der Waals surface area contributed by atoms with Crippen LogP contribution in [-0.2, 0) is 0 Å². The number of hydrogen-bond donors (Lipinski definition) is 0. The minimum atomic E-state index is -2.41. The van der Waals surface area contributed by atoms with Crippen molar-refractivity contribution >= 4 is 39.2 Å². The van der Waals surface area contributed by atoms with Gasteiger partial charge < -0.3 is 0 Å². The maximum Gasteiger partial charge on any atom is 0.344 e. The average Bonchev–Trinajstić information content (AvgIpc) is 2.42. The van der Waals surface area contributed by atoms with E-state index in [0.29, 0.717) is 17.4 Å². The zero-order valence-corrected chi connectivity index (χ0v) is 9.20. The highest BCUT2D eigenvalue weighted by Crippen LogP contribution is 2.55. The average molecular weight is 228 g/mol. The number of hydrogen-bond acceptors (Lipinski definition) is 0. The molecule has 0 saturated heterocycles. The third kappa shape index (κ3) is 1.49. The first-order chi connectivity index (χ1) is 5.07. The van der Waals surface area contributed by atoms with E-state index in [0.717, 1.165) is 6.42 Å². The lowest BCUT2D eigenvalue weighted by molar-refractivity contribution is 0.689. The number of halogens is 3. The van der Waals surface area contributed by atoms with Gasteiger partial charge >= 0.3 is 6.00 Å². The van der Waals surface area contributed by atoms with Gasteiger partial charge in [0.15, 0.2) is 0 Å². The summed E-state index contributed by atoms with van der Waals surface area (Å²) in [6, 6.07) is -2.41. The molecule has 0 unspecified atom stereocenters. The van der Waals surface area contributed by atoms with Gasteiger partial charge in [0.05, 0.1) is 0 Å². The van der Waals surface area contributed by atoms with Crippen molar-refractivity contribution in [2.24, 2.45) is 11.8 Å². The SMILES string of the molecule is Cl[Si](Cl)(Cl)[C@H]1C[C@@H]2C=C[C@H]1C2. The molecule has 62 valence electrons. The normalized spacial score (nSPS) is 41.9. The van der Waals surface area contributed by atoms with Crippen molar-refractivity contribution in [1.82, 2.24) is 0 Å². The first-order valence-corrected chi connectivity index (χ1v) is 8.93. The van der Waals surface area contributed by atoms with Crippen LogP contribution in [0.15, 0.2) is 12.2 Å². The van der Waals surface area contributed by atoms with E-state index in [1.165, 1.54) is 6.42 Å². The molecule has 2 aliphatic carbocycles. The highest BCUT2D eigenvalue weighted by molar-refractivity contribution is 7.65. The molecular formula is C7H9Cl3Si. The van der Waals surface area contributed by atoms with Crippen molar-refractivity contribution in [2.75, 3.05) is 0 Å². The van der Waals surface area contributed by atoms with Crippen LogP contribution in [0.25, 0.3) is 0 Å². The Morgan fingerprint density at radius 1 is 1.09 bits per heavy atom. The molecule has 2 bridgehead atoms. The summed E-state index contributed by atoms with van der Waals surface area (Å²) in [5.74, 6) is 1.30. The third-order valence-electron chi connectivity index (χ3n) is 2.70. The van der Waals surface area contributed by atoms with Crippen molar-refractivity contribution in [3.63, 3.8) is 0 Å². The van der Waals surface area contributed by atoms with Crippen LogP contribution in [-0.4, -0.2) is 6.00 Å². The summed E-state index contributed by atoms with van der Waals surface area (Å²) >= 11 is 17.9. The molecule has 0 nitrogen and oxygen atoms in total. The van der Waals surface area contributed by atoms with Gasteiger partial charge in [0, 0.05) is 5.54 Å². The van der Waals surface area contributed by atoms with Gasteiger partial charge in [-0.15, -0.1) is 33.2 Å². The lowest BCUT2D eigenvalue weighted by Gasteiger charge is -2.22. The smallest absolute Gasteiger partial charge is 0.126 e. The molecule has 0 aromatic carbocycles. The fourth-order valence-electron chi connectivity index (χ4n) is 2.16. The van der Waals surface area contributed by atoms with Gasteiger partial charge in [0.1, 0.15) is 0 Å². The Kier molecular flexibility index (Phi) is 2.04. The number of allylic oxidation sites excluding steroid dienone is 2. The lowest BCUT2D eigenvalue weighted by Crippen LogP contribution is -2.23. The Balaban J connectivity index is 2.15. The Morgan fingerprint density at radius 2 is 1.82 bits per heavy atom. The maximum absolute atomic E-state index is 5.97. The highest BCUT2D eigenvalue weighted by atomic mass is 35.8. The largest absolute Gasteiger partial charge is 0.344 e. The van der Waals surface area contributed by atoms with Crippen LogP contribution in [0.3, 0.4) is 0 Å². The third-order valence-corrected chi connectivity index (χ3v) is 6.73. The standard InChI is InChI=1S/C7H9Cl3Si/c8-11(9,10)7-4-5-1-2-6(7)3-5/h1-2,5-7H,3-4H2/t5-,6+,7+/m1/s1. The second-order valence-electron chi connectivity index (χ2n) is 3.43. The Bertz CT molecular complexity index is 196. The van der Waals surface area contributed by atoms with Crippen LogP contribution in [0.5, 0.6) is 0 Å². The zero-order chi connectivity index (χ0) is 8.06. The monoisotopic (exact) mass is 226 g/mol. The molecule has 2 rings (SSSR count). The molecule has 11 heavy (non-hydrogen) atoms. The molecule has 0 aromatic heterocycles. The molecule has 0 amide bonds. The van der Waals surface area contributed by atoms with E-state index < -0.39 is 6.00 Å². The van der Waals surface area contributed by atoms with Crippen LogP contribution >= 0.6 is 33.2 Å². The van der Waals surface area contributed by atoms with E-state index in [9.17, 15) is 0 Å². The van der Waals surface area contributed by atoms with Gasteiger partial charge in [-0.1, -0.05) is 12.2 Å². The summed E-state index contributed by atoms with van der Waals surface area (Å²) in [6.07, 6.45) is 6.84. The second-order valence-corrected chi connectivity index (χ2v) is 12.4. The minimum absolute atomic E-state index is 0.391. The van der Waals surface area contributed by atoms with E-state index in [2.05, 4.69) is 12.2 Å². The zero-order valence-electron chi connectivity index (χ0n) is 5.93. The summed E-state index contributed by atoms with van der Waals surface area (Å²) < 4.78 is 0. The van der Waals surface area contributed by atoms with Crippen molar-refractivity contribution in [2.45, 2.75) is 18.4 Å². The molecule has 3 atom stereocenters. The number of fused-ring (bicyclic) bond motifs is 2. The minimum Gasteiger partial charge on any atom is -0.126 e. The van der Waals surface area contributed by atoms with Gasteiger partial charge in [-0.3, -0.25) is 0 Å². The van der Waals surface area contributed by atoms with E-state index >= 15 is 0 Å². The van der Waals surface area contributed by atoms with E-state index in [1.807, 2.05) is 0 Å². The summed E-state index contributed by atoms with van der Waals surface area (Å²) in [5, 5.41) is 0. The lowest BCUT2D eigenvalue weighted by atomic mass is 10.1. The van der Waals surface area contributed by atoms with Gasteiger partial charge in [-0.05, 0) is 24.7 Å². The second kappa shape index (κ2) is 2.66.